The van der Waals surface area contributed by atoms with Gasteiger partial charge in [-0.2, -0.15) is 0 Å². The van der Waals surface area contributed by atoms with Crippen LogP contribution in [0.5, 0.6) is 0 Å². The van der Waals surface area contributed by atoms with Crippen LogP contribution in [0, 0.1) is 5.82 Å². The third-order valence-electron chi connectivity index (χ3n) is 7.33. The number of fused-ring (bicyclic) bond motifs is 1. The average molecular weight is 546 g/mol. The summed E-state index contributed by atoms with van der Waals surface area (Å²) >= 11 is 6.15. The number of amides is 3. The Labute approximate surface area is 231 Å². The van der Waals surface area contributed by atoms with E-state index < -0.39 is 23.7 Å². The quantitative estimate of drug-likeness (QED) is 0.350. The summed E-state index contributed by atoms with van der Waals surface area (Å²) in [7, 11) is 0. The molecule has 0 radical (unpaired) electrons. The van der Waals surface area contributed by atoms with Crippen molar-refractivity contribution >= 4 is 46.3 Å². The molecule has 1 saturated carbocycles. The Morgan fingerprint density at radius 1 is 0.974 bits per heavy atom. The molecule has 2 aliphatic rings. The van der Waals surface area contributed by atoms with Gasteiger partial charge in [0, 0.05) is 33.6 Å². The van der Waals surface area contributed by atoms with Crippen LogP contribution in [0.3, 0.4) is 0 Å². The molecule has 2 N–H and O–H groups in total. The van der Waals surface area contributed by atoms with Gasteiger partial charge in [-0.25, -0.2) is 4.39 Å². The second-order valence-electron chi connectivity index (χ2n) is 9.95. The number of para-hydroxylation sites is 1. The van der Waals surface area contributed by atoms with Gasteiger partial charge in [-0.05, 0) is 67.8 Å². The molecule has 3 aromatic rings. The molecule has 200 valence electrons. The summed E-state index contributed by atoms with van der Waals surface area (Å²) in [5, 5.41) is 6.44. The fraction of sp³-hybridized carbons (Fsp3) is 0.258. The Kier molecular flexibility index (Phi) is 7.79. The molecule has 5 rings (SSSR count). The van der Waals surface area contributed by atoms with Crippen molar-refractivity contribution < 1.29 is 18.8 Å². The summed E-state index contributed by atoms with van der Waals surface area (Å²) in [6, 6.07) is 18.2. The maximum absolute atomic E-state index is 14.3. The van der Waals surface area contributed by atoms with E-state index in [-0.39, 0.29) is 23.1 Å². The lowest BCUT2D eigenvalue weighted by Gasteiger charge is -2.34. The van der Waals surface area contributed by atoms with E-state index in [1.54, 1.807) is 55.5 Å². The molecule has 1 fully saturated rings. The molecule has 3 amide bonds. The number of carbonyl (C=O) groups excluding carboxylic acids is 3. The monoisotopic (exact) mass is 545 g/mol. The second-order valence-corrected chi connectivity index (χ2v) is 10.4. The minimum Gasteiger partial charge on any atom is -0.351 e. The van der Waals surface area contributed by atoms with Gasteiger partial charge in [0.05, 0.1) is 5.57 Å². The molecule has 0 bridgehead atoms. The third kappa shape index (κ3) is 5.59. The van der Waals surface area contributed by atoms with Gasteiger partial charge in [0.2, 0.25) is 5.91 Å². The fourth-order valence-electron chi connectivity index (χ4n) is 5.35. The molecule has 3 aromatic carbocycles. The van der Waals surface area contributed by atoms with Gasteiger partial charge in [0.1, 0.15) is 11.9 Å². The zero-order chi connectivity index (χ0) is 27.5. The van der Waals surface area contributed by atoms with Crippen molar-refractivity contribution in [3.05, 3.63) is 100 Å². The predicted molar refractivity (Wildman–Crippen MR) is 151 cm³/mol. The van der Waals surface area contributed by atoms with E-state index in [9.17, 15) is 18.8 Å². The van der Waals surface area contributed by atoms with E-state index >= 15 is 0 Å². The minimum absolute atomic E-state index is 0.00171. The molecular weight excluding hydrogens is 517 g/mol. The Balaban J connectivity index is 1.63. The summed E-state index contributed by atoms with van der Waals surface area (Å²) in [6.07, 6.45) is 4.91. The van der Waals surface area contributed by atoms with E-state index in [2.05, 4.69) is 10.6 Å². The molecule has 0 aromatic heterocycles. The highest BCUT2D eigenvalue weighted by Crippen LogP contribution is 2.37. The highest BCUT2D eigenvalue weighted by Gasteiger charge is 2.37. The van der Waals surface area contributed by atoms with Crippen LogP contribution < -0.4 is 15.5 Å². The first-order chi connectivity index (χ1) is 18.8. The Bertz CT molecular complexity index is 1430. The topological polar surface area (TPSA) is 78.5 Å². The molecule has 0 spiro atoms. The predicted octanol–water partition coefficient (Wildman–Crippen LogP) is 6.43. The van der Waals surface area contributed by atoms with Crippen molar-refractivity contribution in [3.63, 3.8) is 0 Å². The first-order valence-electron chi connectivity index (χ1n) is 13.1. The van der Waals surface area contributed by atoms with Crippen molar-refractivity contribution in [1.29, 1.82) is 0 Å². The number of benzene rings is 3. The lowest BCUT2D eigenvalue weighted by Crippen LogP contribution is -2.47. The molecule has 1 aliphatic heterocycles. The second kappa shape index (κ2) is 11.4. The lowest BCUT2D eigenvalue weighted by atomic mass is 9.94. The number of nitrogens with one attached hydrogen (secondary N) is 2. The Hall–Kier alpha value is -3.97. The van der Waals surface area contributed by atoms with Crippen molar-refractivity contribution in [2.24, 2.45) is 0 Å². The molecule has 0 saturated heterocycles. The van der Waals surface area contributed by atoms with Gasteiger partial charge in [-0.15, -0.1) is 0 Å². The number of nitrogens with zero attached hydrogens (tertiary/aromatic N) is 1. The standard InChI is InChI=1S/C31H29ClFN3O3/c1-19(27-25-9-5-6-10-26(25)35-29(27)37)31(39)36(24-17-15-22(33)16-18-24)28(20-11-13-21(32)14-12-20)30(38)34-23-7-3-2-4-8-23/h5-6,9-18,23,28H,2-4,7-8H2,1H3,(H,34,38)(H,35,37). The summed E-state index contributed by atoms with van der Waals surface area (Å²) in [6.45, 7) is 1.58. The first kappa shape index (κ1) is 26.6. The number of rotatable bonds is 6. The fourth-order valence-corrected chi connectivity index (χ4v) is 5.48. The normalized spacial score (nSPS) is 17.2. The van der Waals surface area contributed by atoms with Crippen LogP contribution in [-0.2, 0) is 14.4 Å². The van der Waals surface area contributed by atoms with Crippen molar-refractivity contribution in [2.45, 2.75) is 51.1 Å². The van der Waals surface area contributed by atoms with Gasteiger partial charge in [-0.3, -0.25) is 19.3 Å². The Morgan fingerprint density at radius 3 is 2.33 bits per heavy atom. The largest absolute Gasteiger partial charge is 0.351 e. The van der Waals surface area contributed by atoms with Crippen molar-refractivity contribution in [3.8, 4) is 0 Å². The highest BCUT2D eigenvalue weighted by atomic mass is 35.5. The van der Waals surface area contributed by atoms with Crippen LogP contribution in [-0.4, -0.2) is 23.8 Å². The average Bonchev–Trinajstić information content (AvgIpc) is 3.28. The summed E-state index contributed by atoms with van der Waals surface area (Å²) in [5.41, 5.74) is 2.51. The van der Waals surface area contributed by atoms with Crippen LogP contribution in [0.4, 0.5) is 15.8 Å². The van der Waals surface area contributed by atoms with Gasteiger partial charge < -0.3 is 10.6 Å². The van der Waals surface area contributed by atoms with Gasteiger partial charge in [0.25, 0.3) is 11.8 Å². The number of anilines is 2. The van der Waals surface area contributed by atoms with Gasteiger partial charge in [0.15, 0.2) is 0 Å². The SMILES string of the molecule is CC(C(=O)N(c1ccc(F)cc1)C(C(=O)NC1CCCCC1)c1ccc(Cl)cc1)=C1C(=O)Nc2ccccc21. The van der Waals surface area contributed by atoms with Gasteiger partial charge >= 0.3 is 0 Å². The van der Waals surface area contributed by atoms with Crippen LogP contribution in [0.25, 0.3) is 5.57 Å². The third-order valence-corrected chi connectivity index (χ3v) is 7.59. The molecule has 1 unspecified atom stereocenters. The summed E-state index contributed by atoms with van der Waals surface area (Å²) < 4.78 is 13.9. The zero-order valence-electron chi connectivity index (χ0n) is 21.5. The first-order valence-corrected chi connectivity index (χ1v) is 13.5. The molecule has 1 aliphatic carbocycles. The van der Waals surface area contributed by atoms with E-state index in [1.165, 1.54) is 29.2 Å². The summed E-state index contributed by atoms with van der Waals surface area (Å²) in [5.74, 6) is -1.76. The van der Waals surface area contributed by atoms with Crippen LogP contribution in [0.15, 0.2) is 78.4 Å². The lowest BCUT2D eigenvalue weighted by molar-refractivity contribution is -0.126. The number of hydrogen-bond donors (Lipinski definition) is 2. The number of carbonyl (C=O) groups is 3. The number of hydrogen-bond acceptors (Lipinski definition) is 3. The maximum atomic E-state index is 14.3. The molecule has 8 heteroatoms. The maximum Gasteiger partial charge on any atom is 0.256 e. The molecular formula is C31H29ClFN3O3. The van der Waals surface area contributed by atoms with E-state index in [1.807, 2.05) is 0 Å². The van der Waals surface area contributed by atoms with E-state index in [0.717, 1.165) is 32.1 Å². The van der Waals surface area contributed by atoms with Crippen LogP contribution >= 0.6 is 11.6 Å². The van der Waals surface area contributed by atoms with E-state index in [0.29, 0.717) is 27.5 Å². The highest BCUT2D eigenvalue weighted by molar-refractivity contribution is 6.36. The molecule has 39 heavy (non-hydrogen) atoms. The zero-order valence-corrected chi connectivity index (χ0v) is 22.3. The van der Waals surface area contributed by atoms with Crippen molar-refractivity contribution in [1.82, 2.24) is 5.32 Å². The van der Waals surface area contributed by atoms with Crippen LogP contribution in [0.2, 0.25) is 5.02 Å². The molecule has 1 heterocycles. The Morgan fingerprint density at radius 2 is 1.64 bits per heavy atom. The van der Waals surface area contributed by atoms with Crippen LogP contribution in [0.1, 0.15) is 56.2 Å². The summed E-state index contributed by atoms with van der Waals surface area (Å²) in [4.78, 5) is 42.6. The molecule has 1 atom stereocenters. The minimum atomic E-state index is -1.09. The number of halogens is 2. The van der Waals surface area contributed by atoms with E-state index in [4.69, 9.17) is 11.6 Å². The van der Waals surface area contributed by atoms with Gasteiger partial charge in [-0.1, -0.05) is 61.2 Å². The molecule has 6 nitrogen and oxygen atoms in total. The smallest absolute Gasteiger partial charge is 0.256 e. The van der Waals surface area contributed by atoms with Crippen molar-refractivity contribution in [2.75, 3.05) is 10.2 Å².